The standard InChI is InChI=1S/C18H18ClN3O2/c19-15-5-3-13(4-6-15)12-22-9-7-14(8-10-22)17-20-21-18(24-17)16-2-1-11-23-16/h1-6,11,14H,7-10,12H2. The summed E-state index contributed by atoms with van der Waals surface area (Å²) in [7, 11) is 0. The molecule has 0 radical (unpaired) electrons. The zero-order valence-electron chi connectivity index (χ0n) is 13.2. The lowest BCUT2D eigenvalue weighted by atomic mass is 9.96. The number of benzene rings is 1. The second kappa shape index (κ2) is 6.79. The summed E-state index contributed by atoms with van der Waals surface area (Å²) in [5.74, 6) is 2.11. The van der Waals surface area contributed by atoms with E-state index in [0.717, 1.165) is 37.5 Å². The quantitative estimate of drug-likeness (QED) is 0.704. The fourth-order valence-corrected chi connectivity index (χ4v) is 3.21. The van der Waals surface area contributed by atoms with Crippen molar-refractivity contribution in [1.82, 2.24) is 15.1 Å². The van der Waals surface area contributed by atoms with Gasteiger partial charge in [0, 0.05) is 17.5 Å². The van der Waals surface area contributed by atoms with Gasteiger partial charge in [0.15, 0.2) is 5.76 Å². The number of halogens is 1. The molecule has 0 aliphatic carbocycles. The third-order valence-corrected chi connectivity index (χ3v) is 4.68. The second-order valence-corrected chi connectivity index (χ2v) is 6.54. The van der Waals surface area contributed by atoms with E-state index in [1.54, 1.807) is 6.26 Å². The van der Waals surface area contributed by atoms with E-state index in [-0.39, 0.29) is 0 Å². The summed E-state index contributed by atoms with van der Waals surface area (Å²) < 4.78 is 11.1. The van der Waals surface area contributed by atoms with Gasteiger partial charge >= 0.3 is 0 Å². The number of likely N-dealkylation sites (tertiary alicyclic amines) is 1. The van der Waals surface area contributed by atoms with Gasteiger partial charge in [-0.3, -0.25) is 4.90 Å². The topological polar surface area (TPSA) is 55.3 Å². The molecule has 0 N–H and O–H groups in total. The third kappa shape index (κ3) is 3.37. The fourth-order valence-electron chi connectivity index (χ4n) is 3.09. The van der Waals surface area contributed by atoms with E-state index in [0.29, 0.717) is 23.5 Å². The molecule has 3 aromatic rings. The maximum absolute atomic E-state index is 5.94. The molecule has 1 aromatic carbocycles. The van der Waals surface area contributed by atoms with Crippen LogP contribution in [0, 0.1) is 0 Å². The van der Waals surface area contributed by atoms with Gasteiger partial charge in [0.05, 0.1) is 6.26 Å². The SMILES string of the molecule is Clc1ccc(CN2CCC(c3nnc(-c4ccco4)o3)CC2)cc1. The van der Waals surface area contributed by atoms with Gasteiger partial charge in [-0.15, -0.1) is 10.2 Å². The van der Waals surface area contributed by atoms with Crippen LogP contribution in [0.15, 0.2) is 51.5 Å². The van der Waals surface area contributed by atoms with Gasteiger partial charge in [-0.2, -0.15) is 0 Å². The molecule has 124 valence electrons. The predicted octanol–water partition coefficient (Wildman–Crippen LogP) is 4.36. The highest BCUT2D eigenvalue weighted by Gasteiger charge is 2.25. The van der Waals surface area contributed by atoms with Crippen molar-refractivity contribution in [3.63, 3.8) is 0 Å². The maximum Gasteiger partial charge on any atom is 0.283 e. The van der Waals surface area contributed by atoms with Crippen molar-refractivity contribution in [2.24, 2.45) is 0 Å². The van der Waals surface area contributed by atoms with Crippen LogP contribution in [0.4, 0.5) is 0 Å². The minimum absolute atomic E-state index is 0.322. The molecular formula is C18H18ClN3O2. The van der Waals surface area contributed by atoms with Crippen LogP contribution in [-0.4, -0.2) is 28.2 Å². The Labute approximate surface area is 145 Å². The van der Waals surface area contributed by atoms with Crippen LogP contribution in [0.5, 0.6) is 0 Å². The fraction of sp³-hybridized carbons (Fsp3) is 0.333. The monoisotopic (exact) mass is 343 g/mol. The summed E-state index contributed by atoms with van der Waals surface area (Å²) in [5.41, 5.74) is 1.29. The summed E-state index contributed by atoms with van der Waals surface area (Å²) >= 11 is 5.94. The first-order valence-corrected chi connectivity index (χ1v) is 8.50. The molecule has 3 heterocycles. The van der Waals surface area contributed by atoms with E-state index in [1.165, 1.54) is 5.56 Å². The molecule has 5 nitrogen and oxygen atoms in total. The van der Waals surface area contributed by atoms with Crippen LogP contribution in [-0.2, 0) is 6.54 Å². The molecule has 0 atom stereocenters. The molecule has 0 spiro atoms. The van der Waals surface area contributed by atoms with E-state index in [4.69, 9.17) is 20.4 Å². The van der Waals surface area contributed by atoms with Crippen LogP contribution in [0.1, 0.15) is 30.2 Å². The molecule has 1 fully saturated rings. The van der Waals surface area contributed by atoms with Crippen LogP contribution in [0.3, 0.4) is 0 Å². The van der Waals surface area contributed by atoms with Gasteiger partial charge in [0.1, 0.15) is 0 Å². The Bertz CT molecular complexity index is 775. The molecule has 0 saturated carbocycles. The summed E-state index contributed by atoms with van der Waals surface area (Å²) in [6.07, 6.45) is 3.65. The van der Waals surface area contributed by atoms with Gasteiger partial charge in [-0.1, -0.05) is 23.7 Å². The average molecular weight is 344 g/mol. The Morgan fingerprint density at radius 2 is 1.88 bits per heavy atom. The van der Waals surface area contributed by atoms with Crippen LogP contribution < -0.4 is 0 Å². The Kier molecular flexibility index (Phi) is 4.36. The third-order valence-electron chi connectivity index (χ3n) is 4.43. The highest BCUT2D eigenvalue weighted by Crippen LogP contribution is 2.30. The van der Waals surface area contributed by atoms with Crippen molar-refractivity contribution in [1.29, 1.82) is 0 Å². The minimum Gasteiger partial charge on any atom is -0.459 e. The molecule has 2 aromatic heterocycles. The van der Waals surface area contributed by atoms with Crippen molar-refractivity contribution in [3.8, 4) is 11.7 Å². The number of hydrogen-bond donors (Lipinski definition) is 0. The normalized spacial score (nSPS) is 16.5. The number of nitrogens with zero attached hydrogens (tertiary/aromatic N) is 3. The van der Waals surface area contributed by atoms with Crippen molar-refractivity contribution < 1.29 is 8.83 Å². The number of aromatic nitrogens is 2. The summed E-state index contributed by atoms with van der Waals surface area (Å²) in [5, 5.41) is 9.08. The van der Waals surface area contributed by atoms with E-state index in [1.807, 2.05) is 24.3 Å². The highest BCUT2D eigenvalue weighted by molar-refractivity contribution is 6.30. The first-order chi connectivity index (χ1) is 11.8. The van der Waals surface area contributed by atoms with Gasteiger partial charge in [-0.05, 0) is 55.8 Å². The molecule has 1 aliphatic rings. The first-order valence-electron chi connectivity index (χ1n) is 8.12. The van der Waals surface area contributed by atoms with Crippen LogP contribution in [0.2, 0.25) is 5.02 Å². The van der Waals surface area contributed by atoms with Crippen molar-refractivity contribution in [2.75, 3.05) is 13.1 Å². The molecule has 1 saturated heterocycles. The van der Waals surface area contributed by atoms with E-state index in [2.05, 4.69) is 27.2 Å². The highest BCUT2D eigenvalue weighted by atomic mass is 35.5. The van der Waals surface area contributed by atoms with Crippen LogP contribution >= 0.6 is 11.6 Å². The minimum atomic E-state index is 0.322. The van der Waals surface area contributed by atoms with Gasteiger partial charge < -0.3 is 8.83 Å². The number of furan rings is 1. The number of rotatable bonds is 4. The molecule has 24 heavy (non-hydrogen) atoms. The predicted molar refractivity (Wildman–Crippen MR) is 90.7 cm³/mol. The average Bonchev–Trinajstić information content (AvgIpc) is 3.29. The second-order valence-electron chi connectivity index (χ2n) is 6.10. The lowest BCUT2D eigenvalue weighted by Crippen LogP contribution is -2.32. The molecular weight excluding hydrogens is 326 g/mol. The summed E-state index contributed by atoms with van der Waals surface area (Å²) in [6.45, 7) is 2.99. The Hall–Kier alpha value is -2.11. The molecule has 0 bridgehead atoms. The zero-order valence-corrected chi connectivity index (χ0v) is 13.9. The smallest absolute Gasteiger partial charge is 0.283 e. The van der Waals surface area contributed by atoms with Crippen molar-refractivity contribution in [3.05, 3.63) is 59.1 Å². The van der Waals surface area contributed by atoms with E-state index >= 15 is 0 Å². The number of piperidine rings is 1. The maximum atomic E-state index is 5.94. The number of hydrogen-bond acceptors (Lipinski definition) is 5. The van der Waals surface area contributed by atoms with Crippen LogP contribution in [0.25, 0.3) is 11.7 Å². The van der Waals surface area contributed by atoms with Crippen molar-refractivity contribution in [2.45, 2.75) is 25.3 Å². The lowest BCUT2D eigenvalue weighted by molar-refractivity contribution is 0.193. The van der Waals surface area contributed by atoms with Gasteiger partial charge in [0.2, 0.25) is 5.89 Å². The Morgan fingerprint density at radius 1 is 1.08 bits per heavy atom. The van der Waals surface area contributed by atoms with Gasteiger partial charge in [-0.25, -0.2) is 0 Å². The zero-order chi connectivity index (χ0) is 16.4. The molecule has 4 rings (SSSR count). The summed E-state index contributed by atoms with van der Waals surface area (Å²) in [6, 6.07) is 11.7. The van der Waals surface area contributed by atoms with E-state index < -0.39 is 0 Å². The molecule has 0 unspecified atom stereocenters. The van der Waals surface area contributed by atoms with Gasteiger partial charge in [0.25, 0.3) is 5.89 Å². The Balaban J connectivity index is 1.35. The largest absolute Gasteiger partial charge is 0.459 e. The molecule has 0 amide bonds. The first kappa shape index (κ1) is 15.4. The van der Waals surface area contributed by atoms with Crippen molar-refractivity contribution >= 4 is 11.6 Å². The summed E-state index contributed by atoms with van der Waals surface area (Å²) in [4.78, 5) is 2.45. The molecule has 1 aliphatic heterocycles. The Morgan fingerprint density at radius 3 is 2.58 bits per heavy atom. The van der Waals surface area contributed by atoms with E-state index in [9.17, 15) is 0 Å². The molecule has 6 heteroatoms. The lowest BCUT2D eigenvalue weighted by Gasteiger charge is -2.30.